The topological polar surface area (TPSA) is 67.6 Å². The van der Waals surface area contributed by atoms with Crippen LogP contribution in [-0.4, -0.2) is 32.7 Å². The van der Waals surface area contributed by atoms with Crippen molar-refractivity contribution in [2.24, 2.45) is 5.92 Å². The molecule has 5 nitrogen and oxygen atoms in total. The first-order chi connectivity index (χ1) is 12.1. The summed E-state index contributed by atoms with van der Waals surface area (Å²) in [5.41, 5.74) is 9.17. The van der Waals surface area contributed by atoms with Crippen LogP contribution < -0.4 is 20.7 Å². The summed E-state index contributed by atoms with van der Waals surface area (Å²) in [6.07, 6.45) is 1.06. The summed E-state index contributed by atoms with van der Waals surface area (Å²) in [5, 5.41) is 3.06. The van der Waals surface area contributed by atoms with Crippen molar-refractivity contribution in [1.29, 1.82) is 0 Å². The van der Waals surface area contributed by atoms with Gasteiger partial charge in [-0.25, -0.2) is 0 Å². The van der Waals surface area contributed by atoms with Crippen LogP contribution in [0.5, 0.6) is 5.75 Å². The molecule has 2 aromatic rings. The van der Waals surface area contributed by atoms with Gasteiger partial charge in [-0.15, -0.1) is 0 Å². The fourth-order valence-corrected chi connectivity index (χ4v) is 3.26. The number of aryl methyl sites for hydroxylation is 1. The molecule has 1 aliphatic rings. The fraction of sp³-hybridized carbons (Fsp3) is 0.350. The average Bonchev–Trinajstić information content (AvgIpc) is 3.11. The van der Waals surface area contributed by atoms with Crippen LogP contribution in [0.1, 0.15) is 22.3 Å². The molecule has 2 aromatic carbocycles. The summed E-state index contributed by atoms with van der Waals surface area (Å²) in [7, 11) is 1.68. The number of hydrogen-bond donors (Lipinski definition) is 2. The predicted molar refractivity (Wildman–Crippen MR) is 101 cm³/mol. The van der Waals surface area contributed by atoms with E-state index in [1.165, 1.54) is 5.69 Å². The number of carbonyl (C=O) groups excluding carboxylic acids is 1. The minimum atomic E-state index is -0.0513. The zero-order chi connectivity index (χ0) is 17.8. The molecule has 1 saturated heterocycles. The third-order valence-electron chi connectivity index (χ3n) is 4.76. The monoisotopic (exact) mass is 339 g/mol. The number of hydrogen-bond acceptors (Lipinski definition) is 4. The van der Waals surface area contributed by atoms with Crippen LogP contribution in [0, 0.1) is 12.8 Å². The van der Waals surface area contributed by atoms with Crippen molar-refractivity contribution in [3.05, 3.63) is 53.6 Å². The smallest absolute Gasteiger partial charge is 0.251 e. The molecule has 0 aliphatic carbocycles. The number of ether oxygens (including phenoxy) is 1. The second-order valence-electron chi connectivity index (χ2n) is 6.59. The third-order valence-corrected chi connectivity index (χ3v) is 4.76. The lowest BCUT2D eigenvalue weighted by Gasteiger charge is -2.19. The summed E-state index contributed by atoms with van der Waals surface area (Å²) in [5.74, 6) is 1.26. The zero-order valence-electron chi connectivity index (χ0n) is 14.8. The highest BCUT2D eigenvalue weighted by Crippen LogP contribution is 2.26. The van der Waals surface area contributed by atoms with E-state index < -0.39 is 0 Å². The summed E-state index contributed by atoms with van der Waals surface area (Å²) >= 11 is 0. The zero-order valence-corrected chi connectivity index (χ0v) is 14.8. The Bertz CT molecular complexity index is 760. The minimum Gasteiger partial charge on any atom is -0.497 e. The first-order valence-electron chi connectivity index (χ1n) is 8.60. The number of carbonyl (C=O) groups is 1. The molecule has 0 radical (unpaired) electrons. The molecule has 0 bridgehead atoms. The van der Waals surface area contributed by atoms with E-state index in [0.717, 1.165) is 30.8 Å². The Balaban J connectivity index is 1.56. The Hall–Kier alpha value is -2.69. The first-order valence-corrected chi connectivity index (χ1v) is 8.60. The van der Waals surface area contributed by atoms with Gasteiger partial charge >= 0.3 is 0 Å². The summed E-state index contributed by atoms with van der Waals surface area (Å²) < 4.78 is 5.30. The minimum absolute atomic E-state index is 0.0513. The van der Waals surface area contributed by atoms with E-state index >= 15 is 0 Å². The van der Waals surface area contributed by atoms with Crippen LogP contribution in [0.4, 0.5) is 11.4 Å². The standard InChI is InChI=1S/C20H25N3O2/c1-14-6-7-16(21)10-19(14)20(24)22-12-15-8-9-23(13-15)17-4-3-5-18(11-17)25-2/h3-7,10-11,15H,8-9,12-13,21H2,1-2H3,(H,22,24). The lowest BCUT2D eigenvalue weighted by Crippen LogP contribution is -2.31. The number of benzene rings is 2. The van der Waals surface area contributed by atoms with E-state index in [1.54, 1.807) is 13.2 Å². The number of nitrogens with zero attached hydrogens (tertiary/aromatic N) is 1. The van der Waals surface area contributed by atoms with Crippen molar-refractivity contribution in [3.63, 3.8) is 0 Å². The molecule has 1 atom stereocenters. The maximum atomic E-state index is 12.4. The molecule has 0 saturated carbocycles. The second-order valence-corrected chi connectivity index (χ2v) is 6.59. The van der Waals surface area contributed by atoms with Crippen LogP contribution in [0.25, 0.3) is 0 Å². The van der Waals surface area contributed by atoms with Gasteiger partial charge in [0.15, 0.2) is 0 Å². The van der Waals surface area contributed by atoms with E-state index in [9.17, 15) is 4.79 Å². The van der Waals surface area contributed by atoms with Crippen molar-refractivity contribution < 1.29 is 9.53 Å². The molecule has 3 N–H and O–H groups in total. The molecule has 132 valence electrons. The van der Waals surface area contributed by atoms with Gasteiger partial charge in [0, 0.05) is 42.6 Å². The molecule has 1 heterocycles. The highest BCUT2D eigenvalue weighted by atomic mass is 16.5. The van der Waals surface area contributed by atoms with Gasteiger partial charge < -0.3 is 20.7 Å². The number of nitrogen functional groups attached to an aromatic ring is 1. The number of amides is 1. The van der Waals surface area contributed by atoms with E-state index in [-0.39, 0.29) is 5.91 Å². The number of nitrogens with one attached hydrogen (secondary N) is 1. The van der Waals surface area contributed by atoms with Crippen LogP contribution in [0.15, 0.2) is 42.5 Å². The normalized spacial score (nSPS) is 16.7. The van der Waals surface area contributed by atoms with Crippen LogP contribution in [-0.2, 0) is 0 Å². The summed E-state index contributed by atoms with van der Waals surface area (Å²) in [6, 6.07) is 13.5. The molecule has 1 aliphatic heterocycles. The van der Waals surface area contributed by atoms with Crippen molar-refractivity contribution in [3.8, 4) is 5.75 Å². The van der Waals surface area contributed by atoms with E-state index in [2.05, 4.69) is 22.3 Å². The van der Waals surface area contributed by atoms with Crippen molar-refractivity contribution >= 4 is 17.3 Å². The SMILES string of the molecule is COc1cccc(N2CCC(CNC(=O)c3cc(N)ccc3C)C2)c1. The van der Waals surface area contributed by atoms with Crippen LogP contribution >= 0.6 is 0 Å². The number of nitrogens with two attached hydrogens (primary N) is 1. The fourth-order valence-electron chi connectivity index (χ4n) is 3.26. The molecule has 0 spiro atoms. The summed E-state index contributed by atoms with van der Waals surface area (Å²) in [6.45, 7) is 4.52. The first kappa shape index (κ1) is 17.1. The highest BCUT2D eigenvalue weighted by molar-refractivity contribution is 5.96. The van der Waals surface area contributed by atoms with Gasteiger partial charge in [0.25, 0.3) is 5.91 Å². The average molecular weight is 339 g/mol. The largest absolute Gasteiger partial charge is 0.497 e. The predicted octanol–water partition coefficient (Wildman–Crippen LogP) is 2.84. The molecular weight excluding hydrogens is 314 g/mol. The van der Waals surface area contributed by atoms with Gasteiger partial charge in [-0.2, -0.15) is 0 Å². The quantitative estimate of drug-likeness (QED) is 0.822. The van der Waals surface area contributed by atoms with Crippen molar-refractivity contribution in [2.45, 2.75) is 13.3 Å². The molecule has 3 rings (SSSR count). The van der Waals surface area contributed by atoms with Gasteiger partial charge in [-0.05, 0) is 49.1 Å². The van der Waals surface area contributed by atoms with Crippen molar-refractivity contribution in [1.82, 2.24) is 5.32 Å². The van der Waals surface area contributed by atoms with Crippen LogP contribution in [0.2, 0.25) is 0 Å². The van der Waals surface area contributed by atoms with Gasteiger partial charge in [-0.1, -0.05) is 12.1 Å². The van der Waals surface area contributed by atoms with Crippen molar-refractivity contribution in [2.75, 3.05) is 37.4 Å². The highest BCUT2D eigenvalue weighted by Gasteiger charge is 2.23. The van der Waals surface area contributed by atoms with Crippen LogP contribution in [0.3, 0.4) is 0 Å². The Kier molecular flexibility index (Phi) is 5.12. The maximum Gasteiger partial charge on any atom is 0.251 e. The van der Waals surface area contributed by atoms with E-state index in [1.807, 2.05) is 31.2 Å². The van der Waals surface area contributed by atoms with Gasteiger partial charge in [0.2, 0.25) is 0 Å². The van der Waals surface area contributed by atoms with Gasteiger partial charge in [0.1, 0.15) is 5.75 Å². The Labute approximate surface area is 148 Å². The molecule has 1 amide bonds. The third kappa shape index (κ3) is 4.05. The number of methoxy groups -OCH3 is 1. The molecule has 25 heavy (non-hydrogen) atoms. The number of rotatable bonds is 5. The van der Waals surface area contributed by atoms with E-state index in [4.69, 9.17) is 10.5 Å². The molecular formula is C20H25N3O2. The Morgan fingerprint density at radius 2 is 2.16 bits per heavy atom. The summed E-state index contributed by atoms with van der Waals surface area (Å²) in [4.78, 5) is 14.8. The second kappa shape index (κ2) is 7.47. The Morgan fingerprint density at radius 3 is 2.96 bits per heavy atom. The molecule has 1 fully saturated rings. The lowest BCUT2D eigenvalue weighted by molar-refractivity contribution is 0.0947. The maximum absolute atomic E-state index is 12.4. The number of anilines is 2. The van der Waals surface area contributed by atoms with Gasteiger partial charge in [-0.3, -0.25) is 4.79 Å². The lowest BCUT2D eigenvalue weighted by atomic mass is 10.1. The molecule has 0 aromatic heterocycles. The van der Waals surface area contributed by atoms with Gasteiger partial charge in [0.05, 0.1) is 7.11 Å². The molecule has 1 unspecified atom stereocenters. The Morgan fingerprint density at radius 1 is 1.32 bits per heavy atom. The van der Waals surface area contributed by atoms with E-state index in [0.29, 0.717) is 23.7 Å². The molecule has 5 heteroatoms.